The topological polar surface area (TPSA) is 65.7 Å². The fraction of sp³-hybridized carbons (Fsp3) is 0.250. The summed E-state index contributed by atoms with van der Waals surface area (Å²) < 4.78 is 5.52. The summed E-state index contributed by atoms with van der Waals surface area (Å²) in [5, 5.41) is 4.16. The molecule has 1 aromatic heterocycles. The predicted molar refractivity (Wildman–Crippen MR) is 137 cm³/mol. The molecule has 2 heterocycles. The van der Waals surface area contributed by atoms with Crippen LogP contribution in [0.2, 0.25) is 0 Å². The predicted octanol–water partition coefficient (Wildman–Crippen LogP) is 4.77. The summed E-state index contributed by atoms with van der Waals surface area (Å²) in [6.45, 7) is 5.43. The molecule has 4 aromatic rings. The van der Waals surface area contributed by atoms with Gasteiger partial charge in [0.1, 0.15) is 0 Å². The molecular weight excluding hydrogens is 438 g/mol. The van der Waals surface area contributed by atoms with E-state index in [9.17, 15) is 4.79 Å². The van der Waals surface area contributed by atoms with E-state index in [1.165, 1.54) is 0 Å². The minimum absolute atomic E-state index is 0.0580. The van der Waals surface area contributed by atoms with Gasteiger partial charge in [0.05, 0.1) is 17.8 Å². The van der Waals surface area contributed by atoms with Gasteiger partial charge in [-0.1, -0.05) is 59.8 Å². The van der Waals surface area contributed by atoms with E-state index in [4.69, 9.17) is 4.52 Å². The summed E-state index contributed by atoms with van der Waals surface area (Å²) in [6.07, 6.45) is 0. The van der Waals surface area contributed by atoms with Crippen LogP contribution in [-0.4, -0.2) is 59.1 Å². The van der Waals surface area contributed by atoms with E-state index < -0.39 is 0 Å². The Hall–Kier alpha value is -3.97. The number of benzene rings is 3. The minimum Gasteiger partial charge on any atom is -0.344 e. The summed E-state index contributed by atoms with van der Waals surface area (Å²) in [4.78, 5) is 24.3. The lowest BCUT2D eigenvalue weighted by Gasteiger charge is -2.34. The zero-order chi connectivity index (χ0) is 24.2. The number of carbonyl (C=O) groups excluding carboxylic acids is 1. The van der Waals surface area contributed by atoms with E-state index >= 15 is 0 Å². The maximum absolute atomic E-state index is 13.5. The van der Waals surface area contributed by atoms with Crippen molar-refractivity contribution in [3.05, 3.63) is 95.9 Å². The van der Waals surface area contributed by atoms with Gasteiger partial charge < -0.3 is 14.3 Å². The van der Waals surface area contributed by atoms with Crippen LogP contribution in [-0.2, 0) is 6.54 Å². The summed E-state index contributed by atoms with van der Waals surface area (Å²) >= 11 is 0. The van der Waals surface area contributed by atoms with Crippen molar-refractivity contribution in [2.45, 2.75) is 13.5 Å². The van der Waals surface area contributed by atoms with Crippen molar-refractivity contribution in [3.8, 4) is 11.4 Å². The van der Waals surface area contributed by atoms with Crippen LogP contribution < -0.4 is 4.90 Å². The van der Waals surface area contributed by atoms with Crippen molar-refractivity contribution in [2.75, 3.05) is 38.1 Å². The van der Waals surface area contributed by atoms with Gasteiger partial charge in [0.25, 0.3) is 5.91 Å². The third-order valence-corrected chi connectivity index (χ3v) is 6.51. The molecule has 0 bridgehead atoms. The van der Waals surface area contributed by atoms with Gasteiger partial charge in [0.2, 0.25) is 11.7 Å². The van der Waals surface area contributed by atoms with Crippen LogP contribution in [0.15, 0.2) is 83.4 Å². The molecule has 0 spiro atoms. The maximum atomic E-state index is 13.5. The highest BCUT2D eigenvalue weighted by Gasteiger charge is 2.26. The number of aryl methyl sites for hydroxylation is 1. The fourth-order valence-electron chi connectivity index (χ4n) is 4.46. The molecule has 0 aliphatic carbocycles. The SMILES string of the molecule is Cc1ccccc1-c1noc(CN2CCN(C(=O)c3ccccc3N(C)c3ccccc3)CC2)n1. The molecule has 7 heteroatoms. The van der Waals surface area contributed by atoms with E-state index in [2.05, 4.69) is 19.9 Å². The molecule has 0 N–H and O–H groups in total. The first-order valence-electron chi connectivity index (χ1n) is 11.9. The molecule has 0 saturated carbocycles. The Bertz CT molecular complexity index is 1300. The van der Waals surface area contributed by atoms with E-state index in [1.54, 1.807) is 0 Å². The number of piperazine rings is 1. The van der Waals surface area contributed by atoms with Crippen molar-refractivity contribution in [2.24, 2.45) is 0 Å². The summed E-state index contributed by atoms with van der Waals surface area (Å²) in [7, 11) is 2.00. The fourth-order valence-corrected chi connectivity index (χ4v) is 4.46. The molecule has 1 aliphatic rings. The van der Waals surface area contributed by atoms with Crippen LogP contribution in [0, 0.1) is 6.92 Å². The second-order valence-electron chi connectivity index (χ2n) is 8.81. The highest BCUT2D eigenvalue weighted by atomic mass is 16.5. The Morgan fingerprint density at radius 3 is 2.37 bits per heavy atom. The number of amides is 1. The van der Waals surface area contributed by atoms with Crippen LogP contribution in [0.1, 0.15) is 21.8 Å². The highest BCUT2D eigenvalue weighted by molar-refractivity contribution is 6.00. The smallest absolute Gasteiger partial charge is 0.256 e. The zero-order valence-electron chi connectivity index (χ0n) is 20.1. The third-order valence-electron chi connectivity index (χ3n) is 6.51. The molecule has 7 nitrogen and oxygen atoms in total. The van der Waals surface area contributed by atoms with Gasteiger partial charge in [-0.3, -0.25) is 9.69 Å². The number of rotatable bonds is 6. The van der Waals surface area contributed by atoms with E-state index in [-0.39, 0.29) is 5.91 Å². The van der Waals surface area contributed by atoms with Gasteiger partial charge in [-0.2, -0.15) is 4.98 Å². The van der Waals surface area contributed by atoms with Crippen LogP contribution in [0.5, 0.6) is 0 Å². The van der Waals surface area contributed by atoms with Crippen molar-refractivity contribution in [1.29, 1.82) is 0 Å². The van der Waals surface area contributed by atoms with Crippen LogP contribution in [0.3, 0.4) is 0 Å². The second kappa shape index (κ2) is 10.1. The van der Waals surface area contributed by atoms with Gasteiger partial charge in [0, 0.05) is 44.5 Å². The average Bonchev–Trinajstić information content (AvgIpc) is 3.37. The Kier molecular flexibility index (Phi) is 6.59. The third kappa shape index (κ3) is 4.95. The number of aromatic nitrogens is 2. The molecule has 35 heavy (non-hydrogen) atoms. The van der Waals surface area contributed by atoms with E-state index in [0.717, 1.165) is 35.6 Å². The lowest BCUT2D eigenvalue weighted by Crippen LogP contribution is -2.48. The lowest BCUT2D eigenvalue weighted by atomic mass is 10.1. The van der Waals surface area contributed by atoms with Gasteiger partial charge in [-0.15, -0.1) is 0 Å². The number of anilines is 2. The summed E-state index contributed by atoms with van der Waals surface area (Å²) in [5.74, 6) is 1.27. The van der Waals surface area contributed by atoms with Crippen LogP contribution >= 0.6 is 0 Å². The van der Waals surface area contributed by atoms with Crippen molar-refractivity contribution >= 4 is 17.3 Å². The summed E-state index contributed by atoms with van der Waals surface area (Å²) in [6, 6.07) is 25.9. The largest absolute Gasteiger partial charge is 0.344 e. The zero-order valence-corrected chi connectivity index (χ0v) is 20.1. The molecule has 0 unspecified atom stereocenters. The number of nitrogens with zero attached hydrogens (tertiary/aromatic N) is 5. The van der Waals surface area contributed by atoms with Crippen molar-refractivity contribution < 1.29 is 9.32 Å². The van der Waals surface area contributed by atoms with E-state index in [1.807, 2.05) is 97.7 Å². The monoisotopic (exact) mass is 467 g/mol. The van der Waals surface area contributed by atoms with Gasteiger partial charge in [0.15, 0.2) is 0 Å². The quantitative estimate of drug-likeness (QED) is 0.407. The van der Waals surface area contributed by atoms with Crippen LogP contribution in [0.25, 0.3) is 11.4 Å². The molecule has 5 rings (SSSR count). The van der Waals surface area contributed by atoms with Gasteiger partial charge >= 0.3 is 0 Å². The normalized spacial score (nSPS) is 14.2. The molecule has 1 aliphatic heterocycles. The molecule has 0 radical (unpaired) electrons. The number of hydrogen-bond acceptors (Lipinski definition) is 6. The Balaban J connectivity index is 1.22. The maximum Gasteiger partial charge on any atom is 0.256 e. The average molecular weight is 468 g/mol. The highest BCUT2D eigenvalue weighted by Crippen LogP contribution is 2.28. The van der Waals surface area contributed by atoms with E-state index in [0.29, 0.717) is 36.9 Å². The Labute approximate surface area is 205 Å². The first-order valence-corrected chi connectivity index (χ1v) is 11.9. The molecule has 0 atom stereocenters. The molecule has 178 valence electrons. The number of carbonyl (C=O) groups is 1. The molecule has 1 fully saturated rings. The summed E-state index contributed by atoms with van der Waals surface area (Å²) in [5.41, 5.74) is 4.76. The van der Waals surface area contributed by atoms with Crippen molar-refractivity contribution in [3.63, 3.8) is 0 Å². The molecule has 1 amide bonds. The van der Waals surface area contributed by atoms with Gasteiger partial charge in [-0.05, 0) is 36.8 Å². The standard InChI is InChI=1S/C28H29N5O2/c1-21-10-6-7-13-23(21)27-29-26(35-30-27)20-32-16-18-33(19-17-32)28(34)24-14-8-9-15-25(24)31(2)22-11-4-3-5-12-22/h3-15H,16-20H2,1-2H3. The minimum atomic E-state index is 0.0580. The number of para-hydroxylation sites is 2. The Morgan fingerprint density at radius 1 is 0.914 bits per heavy atom. The van der Waals surface area contributed by atoms with Crippen LogP contribution in [0.4, 0.5) is 11.4 Å². The molecular formula is C28H29N5O2. The number of hydrogen-bond donors (Lipinski definition) is 0. The van der Waals surface area contributed by atoms with Crippen molar-refractivity contribution in [1.82, 2.24) is 19.9 Å². The Morgan fingerprint density at radius 2 is 1.60 bits per heavy atom. The first kappa shape index (κ1) is 22.8. The molecule has 1 saturated heterocycles. The van der Waals surface area contributed by atoms with Gasteiger partial charge in [-0.25, -0.2) is 0 Å². The second-order valence-corrected chi connectivity index (χ2v) is 8.81. The lowest BCUT2D eigenvalue weighted by molar-refractivity contribution is 0.0616. The molecule has 3 aromatic carbocycles. The first-order chi connectivity index (χ1) is 17.1.